The van der Waals surface area contributed by atoms with Gasteiger partial charge in [0.1, 0.15) is 5.75 Å². The molecule has 0 aliphatic rings. The number of benzene rings is 2. The van der Waals surface area contributed by atoms with Crippen molar-refractivity contribution >= 4 is 12.6 Å². The molecule has 0 saturated heterocycles. The molecule has 2 heteroatoms. The molecule has 0 amide bonds. The fourth-order valence-corrected chi connectivity index (χ4v) is 2.05. The lowest BCUT2D eigenvalue weighted by Gasteiger charge is -2.10. The summed E-state index contributed by atoms with van der Waals surface area (Å²) in [6.07, 6.45) is 0. The number of aryl methyl sites for hydroxylation is 1. The van der Waals surface area contributed by atoms with Crippen LogP contribution in [0, 0.1) is 13.8 Å². The van der Waals surface area contributed by atoms with Crippen LogP contribution in [-0.2, 0) is 0 Å². The molecule has 0 radical (unpaired) electrons. The van der Waals surface area contributed by atoms with Gasteiger partial charge in [-0.25, -0.2) is 0 Å². The molecule has 0 bridgehead atoms. The molecular formula is C14H14OS. The average Bonchev–Trinajstić information content (AvgIpc) is 2.26. The van der Waals surface area contributed by atoms with E-state index in [1.807, 2.05) is 19.1 Å². The predicted molar refractivity (Wildman–Crippen MR) is 70.3 cm³/mol. The highest BCUT2D eigenvalue weighted by molar-refractivity contribution is 7.80. The van der Waals surface area contributed by atoms with Crippen molar-refractivity contribution < 1.29 is 5.11 Å². The fourth-order valence-electron chi connectivity index (χ4n) is 1.74. The highest BCUT2D eigenvalue weighted by atomic mass is 32.1. The van der Waals surface area contributed by atoms with Crippen LogP contribution in [0.5, 0.6) is 5.75 Å². The number of rotatable bonds is 1. The Hall–Kier alpha value is -1.41. The number of hydrogen-bond donors (Lipinski definition) is 2. The van der Waals surface area contributed by atoms with Gasteiger partial charge in [-0.15, -0.1) is 12.6 Å². The third-order valence-electron chi connectivity index (χ3n) is 2.73. The summed E-state index contributed by atoms with van der Waals surface area (Å²) < 4.78 is 0. The molecule has 16 heavy (non-hydrogen) atoms. The molecule has 0 spiro atoms. The van der Waals surface area contributed by atoms with E-state index in [-0.39, 0.29) is 0 Å². The van der Waals surface area contributed by atoms with Crippen molar-refractivity contribution in [2.45, 2.75) is 18.7 Å². The van der Waals surface area contributed by atoms with E-state index in [0.29, 0.717) is 5.75 Å². The van der Waals surface area contributed by atoms with Gasteiger partial charge in [-0.2, -0.15) is 0 Å². The van der Waals surface area contributed by atoms with Gasteiger partial charge in [0, 0.05) is 10.5 Å². The van der Waals surface area contributed by atoms with Crippen molar-refractivity contribution in [3.05, 3.63) is 47.5 Å². The Morgan fingerprint density at radius 3 is 2.50 bits per heavy atom. The molecule has 2 rings (SSSR count). The monoisotopic (exact) mass is 230 g/mol. The van der Waals surface area contributed by atoms with E-state index in [2.05, 4.69) is 37.8 Å². The van der Waals surface area contributed by atoms with E-state index in [1.165, 1.54) is 5.56 Å². The van der Waals surface area contributed by atoms with Gasteiger partial charge in [0.15, 0.2) is 0 Å². The quantitative estimate of drug-likeness (QED) is 0.710. The molecule has 1 nitrogen and oxygen atoms in total. The van der Waals surface area contributed by atoms with E-state index in [1.54, 1.807) is 6.07 Å². The second-order valence-electron chi connectivity index (χ2n) is 3.98. The standard InChI is InChI=1S/C14H14OS/c1-9-4-3-5-11(8-9)12-6-7-13(15)10(2)14(12)16/h3-8,15-16H,1-2H3. The van der Waals surface area contributed by atoms with Gasteiger partial charge >= 0.3 is 0 Å². The Kier molecular flexibility index (Phi) is 2.92. The first-order valence-corrected chi connectivity index (χ1v) is 5.63. The SMILES string of the molecule is Cc1cccc(-c2ccc(O)c(C)c2S)c1. The summed E-state index contributed by atoms with van der Waals surface area (Å²) in [6.45, 7) is 3.94. The summed E-state index contributed by atoms with van der Waals surface area (Å²) in [4.78, 5) is 0.839. The van der Waals surface area contributed by atoms with E-state index in [9.17, 15) is 5.11 Å². The maximum Gasteiger partial charge on any atom is 0.119 e. The summed E-state index contributed by atoms with van der Waals surface area (Å²) in [5, 5.41) is 9.58. The van der Waals surface area contributed by atoms with Crippen LogP contribution in [-0.4, -0.2) is 5.11 Å². The Morgan fingerprint density at radius 1 is 1.06 bits per heavy atom. The number of phenols is 1. The second kappa shape index (κ2) is 4.22. The first kappa shape index (κ1) is 11.1. The van der Waals surface area contributed by atoms with Crippen LogP contribution in [0.1, 0.15) is 11.1 Å². The van der Waals surface area contributed by atoms with Gasteiger partial charge in [0.05, 0.1) is 0 Å². The molecule has 1 N–H and O–H groups in total. The first-order valence-electron chi connectivity index (χ1n) is 5.18. The van der Waals surface area contributed by atoms with Crippen LogP contribution < -0.4 is 0 Å². The Bertz CT molecular complexity index is 532. The minimum Gasteiger partial charge on any atom is -0.508 e. The van der Waals surface area contributed by atoms with Crippen LogP contribution in [0.2, 0.25) is 0 Å². The molecule has 0 heterocycles. The van der Waals surface area contributed by atoms with E-state index in [4.69, 9.17) is 0 Å². The zero-order valence-corrected chi connectivity index (χ0v) is 10.3. The van der Waals surface area contributed by atoms with Gasteiger partial charge in [-0.05, 0) is 37.1 Å². The molecule has 0 aromatic heterocycles. The van der Waals surface area contributed by atoms with Crippen molar-refractivity contribution in [3.8, 4) is 16.9 Å². The van der Waals surface area contributed by atoms with Crippen molar-refractivity contribution in [3.63, 3.8) is 0 Å². The minimum absolute atomic E-state index is 0.293. The molecular weight excluding hydrogens is 216 g/mol. The van der Waals surface area contributed by atoms with Crippen molar-refractivity contribution in [1.29, 1.82) is 0 Å². The molecule has 0 aliphatic heterocycles. The zero-order valence-electron chi connectivity index (χ0n) is 9.36. The first-order chi connectivity index (χ1) is 7.59. The van der Waals surface area contributed by atoms with Gasteiger partial charge in [-0.3, -0.25) is 0 Å². The van der Waals surface area contributed by atoms with Crippen LogP contribution in [0.3, 0.4) is 0 Å². The third-order valence-corrected chi connectivity index (χ3v) is 3.31. The topological polar surface area (TPSA) is 20.2 Å². The van der Waals surface area contributed by atoms with Gasteiger partial charge in [0.25, 0.3) is 0 Å². The Balaban J connectivity index is 2.61. The van der Waals surface area contributed by atoms with E-state index >= 15 is 0 Å². The molecule has 2 aromatic rings. The fraction of sp³-hybridized carbons (Fsp3) is 0.143. The number of phenolic OH excluding ortho intramolecular Hbond substituents is 1. The Labute approximate surface area is 101 Å². The van der Waals surface area contributed by atoms with Crippen LogP contribution >= 0.6 is 12.6 Å². The van der Waals surface area contributed by atoms with Gasteiger partial charge < -0.3 is 5.11 Å². The molecule has 0 unspecified atom stereocenters. The number of aromatic hydroxyl groups is 1. The summed E-state index contributed by atoms with van der Waals surface area (Å²) in [5.74, 6) is 0.293. The van der Waals surface area contributed by atoms with Gasteiger partial charge in [0.2, 0.25) is 0 Å². The van der Waals surface area contributed by atoms with E-state index in [0.717, 1.165) is 21.6 Å². The lowest BCUT2D eigenvalue weighted by molar-refractivity contribution is 0.469. The second-order valence-corrected chi connectivity index (χ2v) is 4.42. The molecule has 0 saturated carbocycles. The lowest BCUT2D eigenvalue weighted by atomic mass is 10.0. The Morgan fingerprint density at radius 2 is 1.81 bits per heavy atom. The lowest BCUT2D eigenvalue weighted by Crippen LogP contribution is -1.85. The molecule has 0 fully saturated rings. The minimum atomic E-state index is 0.293. The zero-order chi connectivity index (χ0) is 11.7. The number of thiol groups is 1. The van der Waals surface area contributed by atoms with Gasteiger partial charge in [-0.1, -0.05) is 29.8 Å². The van der Waals surface area contributed by atoms with Crippen LogP contribution in [0.25, 0.3) is 11.1 Å². The molecule has 2 aromatic carbocycles. The normalized spacial score (nSPS) is 10.4. The maximum absolute atomic E-state index is 9.58. The summed E-state index contributed by atoms with van der Waals surface area (Å²) >= 11 is 4.47. The van der Waals surface area contributed by atoms with Crippen molar-refractivity contribution in [2.75, 3.05) is 0 Å². The van der Waals surface area contributed by atoms with Crippen molar-refractivity contribution in [1.82, 2.24) is 0 Å². The highest BCUT2D eigenvalue weighted by Gasteiger charge is 2.07. The van der Waals surface area contributed by atoms with Crippen molar-refractivity contribution in [2.24, 2.45) is 0 Å². The average molecular weight is 230 g/mol. The highest BCUT2D eigenvalue weighted by Crippen LogP contribution is 2.33. The number of hydrogen-bond acceptors (Lipinski definition) is 2. The van der Waals surface area contributed by atoms with Crippen LogP contribution in [0.4, 0.5) is 0 Å². The maximum atomic E-state index is 9.58. The van der Waals surface area contributed by atoms with E-state index < -0.39 is 0 Å². The smallest absolute Gasteiger partial charge is 0.119 e. The largest absolute Gasteiger partial charge is 0.508 e. The summed E-state index contributed by atoms with van der Waals surface area (Å²) in [7, 11) is 0. The third kappa shape index (κ3) is 1.93. The summed E-state index contributed by atoms with van der Waals surface area (Å²) in [5.41, 5.74) is 4.23. The predicted octanol–water partition coefficient (Wildman–Crippen LogP) is 3.96. The molecule has 0 atom stereocenters. The van der Waals surface area contributed by atoms with Crippen LogP contribution in [0.15, 0.2) is 41.3 Å². The molecule has 0 aliphatic carbocycles. The summed E-state index contributed by atoms with van der Waals surface area (Å²) in [6, 6.07) is 11.9. The molecule has 82 valence electrons.